The van der Waals surface area contributed by atoms with Crippen LogP contribution in [0.5, 0.6) is 0 Å². The van der Waals surface area contributed by atoms with Gasteiger partial charge >= 0.3 is 0 Å². The van der Waals surface area contributed by atoms with Crippen LogP contribution in [0, 0.1) is 0 Å². The fourth-order valence-electron chi connectivity index (χ4n) is 2.78. The van der Waals surface area contributed by atoms with Crippen LogP contribution < -0.4 is 0 Å². The highest BCUT2D eigenvalue weighted by Gasteiger charge is 2.43. The number of ether oxygens (including phenoxy) is 3. The Hall–Kier alpha value is -0.0951. The molecule has 0 aromatic rings. The van der Waals surface area contributed by atoms with Crippen molar-refractivity contribution < 1.29 is 19.3 Å². The summed E-state index contributed by atoms with van der Waals surface area (Å²) in [7, 11) is 7.55. The van der Waals surface area contributed by atoms with E-state index in [-0.39, 0.29) is 18.3 Å². The van der Waals surface area contributed by atoms with E-state index in [1.807, 2.05) is 6.92 Å². The van der Waals surface area contributed by atoms with Gasteiger partial charge in [0.05, 0.1) is 18.3 Å². The third-order valence-electron chi connectivity index (χ3n) is 3.80. The second-order valence-corrected chi connectivity index (χ2v) is 4.88. The third kappa shape index (κ3) is 2.68. The Morgan fingerprint density at radius 2 is 2.06 bits per heavy atom. The molecule has 96 valence electrons. The van der Waals surface area contributed by atoms with Crippen LogP contribution in [0.2, 0.25) is 0 Å². The fourth-order valence-corrected chi connectivity index (χ4v) is 2.78. The quantitative estimate of drug-likeness (QED) is 0.731. The number of hydrogen-bond donors (Lipinski definition) is 1. The van der Waals surface area contributed by atoms with Crippen LogP contribution in [0.15, 0.2) is 0 Å². The van der Waals surface area contributed by atoms with Gasteiger partial charge in [-0.1, -0.05) is 6.92 Å². The second kappa shape index (κ2) is 5.70. The average molecular weight is 240 g/mol. The summed E-state index contributed by atoms with van der Waals surface area (Å²) in [5.74, 6) is 0. The van der Waals surface area contributed by atoms with Crippen LogP contribution in [-0.2, 0) is 14.2 Å². The van der Waals surface area contributed by atoms with Gasteiger partial charge in [0.15, 0.2) is 0 Å². The molecule has 4 nitrogen and oxygen atoms in total. The SMILES string of the molecule is [B][C@@H]1O[C@H](CC)C(O)[C@@H]1O[C@@H]1CCC[C@H]1OC. The Balaban J connectivity index is 1.94. The Morgan fingerprint density at radius 1 is 1.35 bits per heavy atom. The average Bonchev–Trinajstić information content (AvgIpc) is 2.88. The molecule has 5 heteroatoms. The molecule has 0 bridgehead atoms. The molecule has 1 heterocycles. The van der Waals surface area contributed by atoms with Crippen molar-refractivity contribution >= 4 is 7.85 Å². The van der Waals surface area contributed by atoms with Crippen molar-refractivity contribution in [3.05, 3.63) is 0 Å². The lowest BCUT2D eigenvalue weighted by Crippen LogP contribution is -2.40. The molecule has 1 N–H and O–H groups in total. The summed E-state index contributed by atoms with van der Waals surface area (Å²) < 4.78 is 16.8. The molecule has 2 radical (unpaired) electrons. The molecule has 17 heavy (non-hydrogen) atoms. The normalized spacial score (nSPS) is 46.5. The fraction of sp³-hybridized carbons (Fsp3) is 1.00. The van der Waals surface area contributed by atoms with Crippen molar-refractivity contribution in [2.75, 3.05) is 7.11 Å². The molecule has 6 atom stereocenters. The summed E-state index contributed by atoms with van der Waals surface area (Å²) in [6.07, 6.45) is 2.70. The number of rotatable bonds is 4. The van der Waals surface area contributed by atoms with E-state index in [0.29, 0.717) is 0 Å². The molecule has 0 aromatic carbocycles. The molecule has 0 amide bonds. The molecular weight excluding hydrogens is 219 g/mol. The molecule has 2 rings (SSSR count). The first-order chi connectivity index (χ1) is 8.17. The molecule has 1 aliphatic carbocycles. The highest BCUT2D eigenvalue weighted by atomic mass is 16.6. The lowest BCUT2D eigenvalue weighted by atomic mass is 9.92. The monoisotopic (exact) mass is 240 g/mol. The van der Waals surface area contributed by atoms with Crippen molar-refractivity contribution in [1.82, 2.24) is 0 Å². The summed E-state index contributed by atoms with van der Waals surface area (Å²) in [4.78, 5) is 0. The van der Waals surface area contributed by atoms with Gasteiger partial charge < -0.3 is 19.3 Å². The highest BCUT2D eigenvalue weighted by molar-refractivity contribution is 6.11. The molecule has 0 aromatic heterocycles. The van der Waals surface area contributed by atoms with E-state index in [1.165, 1.54) is 0 Å². The number of hydrogen-bond acceptors (Lipinski definition) is 4. The second-order valence-electron chi connectivity index (χ2n) is 4.88. The van der Waals surface area contributed by atoms with Crippen molar-refractivity contribution in [3.8, 4) is 0 Å². The number of aliphatic hydroxyl groups excluding tert-OH is 1. The minimum Gasteiger partial charge on any atom is -0.388 e. The molecule has 2 aliphatic rings. The summed E-state index contributed by atoms with van der Waals surface area (Å²) >= 11 is 0. The molecule has 0 spiro atoms. The van der Waals surface area contributed by atoms with Crippen LogP contribution in [0.25, 0.3) is 0 Å². The maximum atomic E-state index is 10.1. The summed E-state index contributed by atoms with van der Waals surface area (Å²) in [6.45, 7) is 1.97. The van der Waals surface area contributed by atoms with Crippen LogP contribution in [0.3, 0.4) is 0 Å². The largest absolute Gasteiger partial charge is 0.388 e. The van der Waals surface area contributed by atoms with E-state index in [0.717, 1.165) is 25.7 Å². The van der Waals surface area contributed by atoms with Crippen LogP contribution in [0.1, 0.15) is 32.6 Å². The molecule has 1 saturated carbocycles. The zero-order chi connectivity index (χ0) is 12.4. The molecule has 2 fully saturated rings. The Morgan fingerprint density at radius 3 is 2.65 bits per heavy atom. The van der Waals surface area contributed by atoms with Gasteiger partial charge in [-0.05, 0) is 25.7 Å². The Bertz CT molecular complexity index is 251. The van der Waals surface area contributed by atoms with Gasteiger partial charge in [-0.15, -0.1) is 0 Å². The Labute approximate surface area is 104 Å². The first-order valence-corrected chi connectivity index (χ1v) is 6.44. The molecule has 1 saturated heterocycles. The smallest absolute Gasteiger partial charge is 0.112 e. The van der Waals surface area contributed by atoms with E-state index in [2.05, 4.69) is 0 Å². The predicted molar refractivity (Wildman–Crippen MR) is 64.0 cm³/mol. The standard InChI is InChI=1S/C12H21BO4/c1-3-7-10(14)11(12(13)17-7)16-9-6-4-5-8(9)15-2/h7-12,14H,3-6H2,1-2H3/t7-,8-,9-,10?,11+,12-/m1/s1. The number of aliphatic hydroxyl groups is 1. The van der Waals surface area contributed by atoms with Crippen LogP contribution >= 0.6 is 0 Å². The van der Waals surface area contributed by atoms with Crippen molar-refractivity contribution in [1.29, 1.82) is 0 Å². The van der Waals surface area contributed by atoms with Gasteiger partial charge in [-0.3, -0.25) is 0 Å². The van der Waals surface area contributed by atoms with E-state index in [9.17, 15) is 5.11 Å². The van der Waals surface area contributed by atoms with Gasteiger partial charge in [0.1, 0.15) is 20.1 Å². The van der Waals surface area contributed by atoms with Gasteiger partial charge in [0.25, 0.3) is 0 Å². The van der Waals surface area contributed by atoms with Crippen molar-refractivity contribution in [2.24, 2.45) is 0 Å². The first kappa shape index (κ1) is 13.3. The number of methoxy groups -OCH3 is 1. The molecule has 1 aliphatic heterocycles. The lowest BCUT2D eigenvalue weighted by molar-refractivity contribution is -0.105. The zero-order valence-corrected chi connectivity index (χ0v) is 10.5. The van der Waals surface area contributed by atoms with E-state index >= 15 is 0 Å². The van der Waals surface area contributed by atoms with Gasteiger partial charge in [0.2, 0.25) is 0 Å². The van der Waals surface area contributed by atoms with Crippen LogP contribution in [-0.4, -0.2) is 56.6 Å². The molecule has 1 unspecified atom stereocenters. The van der Waals surface area contributed by atoms with E-state index in [4.69, 9.17) is 22.1 Å². The van der Waals surface area contributed by atoms with Gasteiger partial charge in [-0.25, -0.2) is 0 Å². The van der Waals surface area contributed by atoms with E-state index < -0.39 is 18.2 Å². The summed E-state index contributed by atoms with van der Waals surface area (Å²) in [5.41, 5.74) is 0. The highest BCUT2D eigenvalue weighted by Crippen LogP contribution is 2.31. The maximum absolute atomic E-state index is 10.1. The zero-order valence-electron chi connectivity index (χ0n) is 10.5. The summed E-state index contributed by atoms with van der Waals surface area (Å²) in [6, 6.07) is -0.534. The summed E-state index contributed by atoms with van der Waals surface area (Å²) in [5, 5.41) is 10.1. The topological polar surface area (TPSA) is 47.9 Å². The Kier molecular flexibility index (Phi) is 4.47. The third-order valence-corrected chi connectivity index (χ3v) is 3.80. The predicted octanol–water partition coefficient (Wildman–Crippen LogP) is 0.603. The van der Waals surface area contributed by atoms with Gasteiger partial charge in [-0.2, -0.15) is 0 Å². The molecular formula is C12H21BO4. The lowest BCUT2D eigenvalue weighted by Gasteiger charge is -2.26. The van der Waals surface area contributed by atoms with Crippen molar-refractivity contribution in [3.63, 3.8) is 0 Å². The first-order valence-electron chi connectivity index (χ1n) is 6.44. The minimum absolute atomic E-state index is 0.0323. The van der Waals surface area contributed by atoms with Crippen molar-refractivity contribution in [2.45, 2.75) is 69.1 Å². The van der Waals surface area contributed by atoms with E-state index in [1.54, 1.807) is 7.11 Å². The van der Waals surface area contributed by atoms with Gasteiger partial charge in [0, 0.05) is 13.1 Å². The van der Waals surface area contributed by atoms with Crippen LogP contribution in [0.4, 0.5) is 0 Å². The maximum Gasteiger partial charge on any atom is 0.112 e. The minimum atomic E-state index is -0.631.